The van der Waals surface area contributed by atoms with Crippen molar-refractivity contribution in [3.05, 3.63) is 118 Å². The van der Waals surface area contributed by atoms with Gasteiger partial charge in [-0.15, -0.1) is 0 Å². The number of hydrazone groups is 1. The molecule has 2 heterocycles. The van der Waals surface area contributed by atoms with Gasteiger partial charge >= 0.3 is 0 Å². The number of rotatable bonds is 9. The second-order valence-corrected chi connectivity index (χ2v) is 10.7. The molecule has 218 valence electrons. The molecule has 2 aliphatic heterocycles. The third kappa shape index (κ3) is 4.47. The van der Waals surface area contributed by atoms with E-state index in [9.17, 15) is 9.59 Å². The van der Waals surface area contributed by atoms with Crippen LogP contribution in [0.25, 0.3) is 0 Å². The molecule has 0 N–H and O–H groups in total. The van der Waals surface area contributed by atoms with Gasteiger partial charge in [-0.25, -0.2) is 5.01 Å². The Morgan fingerprint density at radius 1 is 0.721 bits per heavy atom. The molecule has 0 atom stereocenters. The fraction of sp³-hybridized carbons (Fsp3) is 0.250. The van der Waals surface area contributed by atoms with Crippen molar-refractivity contribution in [3.63, 3.8) is 0 Å². The quantitative estimate of drug-likeness (QED) is 0.158. The summed E-state index contributed by atoms with van der Waals surface area (Å²) in [5.41, 5.74) is 5.64. The summed E-state index contributed by atoms with van der Waals surface area (Å²) in [7, 11) is 0. The summed E-state index contributed by atoms with van der Waals surface area (Å²) in [5.74, 6) is 1.22. The lowest BCUT2D eigenvalue weighted by atomic mass is 9.75. The molecule has 7 nitrogen and oxygen atoms in total. The fourth-order valence-corrected chi connectivity index (χ4v) is 6.43. The monoisotopic (exact) mass is 572 g/mol. The summed E-state index contributed by atoms with van der Waals surface area (Å²) in [6, 6.07) is 27.5. The molecule has 0 aliphatic carbocycles. The van der Waals surface area contributed by atoms with E-state index >= 15 is 0 Å². The van der Waals surface area contributed by atoms with E-state index in [0.29, 0.717) is 22.6 Å². The molecule has 0 unspecified atom stereocenters. The zero-order chi connectivity index (χ0) is 30.1. The number of anilines is 2. The number of amides is 1. The molecule has 6 rings (SSSR count). The summed E-state index contributed by atoms with van der Waals surface area (Å²) in [6.07, 6.45) is 2.49. The third-order valence-electron chi connectivity index (χ3n) is 8.64. The van der Waals surface area contributed by atoms with E-state index in [1.165, 1.54) is 0 Å². The van der Waals surface area contributed by atoms with E-state index in [1.54, 1.807) is 23.4 Å². The van der Waals surface area contributed by atoms with Crippen LogP contribution in [0.3, 0.4) is 0 Å². The molecular weight excluding hydrogens is 536 g/mol. The summed E-state index contributed by atoms with van der Waals surface area (Å²) in [5, 5.41) is 6.50. The maximum atomic E-state index is 14.3. The molecule has 1 spiro atoms. The van der Waals surface area contributed by atoms with E-state index in [-0.39, 0.29) is 5.91 Å². The normalized spacial score (nSPS) is 14.3. The molecular formula is C36H36N4O3. The topological polar surface area (TPSA) is 65.5 Å². The Morgan fingerprint density at radius 2 is 1.26 bits per heavy atom. The lowest BCUT2D eigenvalue weighted by Gasteiger charge is -2.42. The number of fused-ring (bicyclic) bond motifs is 6. The van der Waals surface area contributed by atoms with Crippen LogP contribution in [0.15, 0.2) is 90.0 Å². The molecule has 1 amide bonds. The molecule has 2 aliphatic rings. The van der Waals surface area contributed by atoms with Crippen LogP contribution >= 0.6 is 0 Å². The van der Waals surface area contributed by atoms with Crippen LogP contribution in [0, 0.1) is 0 Å². The van der Waals surface area contributed by atoms with E-state index in [4.69, 9.17) is 9.84 Å². The van der Waals surface area contributed by atoms with Crippen LogP contribution in [0.4, 0.5) is 11.4 Å². The summed E-state index contributed by atoms with van der Waals surface area (Å²) >= 11 is 0. The number of carbonyl (C=O) groups excluding carboxylic acids is 2. The van der Waals surface area contributed by atoms with Gasteiger partial charge < -0.3 is 14.5 Å². The largest absolute Gasteiger partial charge is 0.456 e. The minimum atomic E-state index is -1.04. The smallest absolute Gasteiger partial charge is 0.275 e. The second-order valence-electron chi connectivity index (χ2n) is 10.7. The van der Waals surface area contributed by atoms with Gasteiger partial charge in [-0.3, -0.25) is 9.59 Å². The van der Waals surface area contributed by atoms with Gasteiger partial charge in [0.15, 0.2) is 0 Å². The third-order valence-corrected chi connectivity index (χ3v) is 8.64. The minimum Gasteiger partial charge on any atom is -0.456 e. The first-order chi connectivity index (χ1) is 21.0. The van der Waals surface area contributed by atoms with Crippen LogP contribution in [-0.2, 0) is 5.54 Å². The van der Waals surface area contributed by atoms with Crippen LogP contribution in [0.1, 0.15) is 70.7 Å². The maximum Gasteiger partial charge on any atom is 0.275 e. The molecule has 4 aromatic carbocycles. The Hall–Kier alpha value is -4.91. The molecule has 0 aromatic heterocycles. The Kier molecular flexibility index (Phi) is 7.48. The van der Waals surface area contributed by atoms with Crippen molar-refractivity contribution in [2.75, 3.05) is 36.0 Å². The van der Waals surface area contributed by atoms with Crippen LogP contribution in [0.2, 0.25) is 0 Å². The molecule has 7 heteroatoms. The van der Waals surface area contributed by atoms with Gasteiger partial charge in [0.1, 0.15) is 23.3 Å². The molecule has 43 heavy (non-hydrogen) atoms. The molecule has 0 bridgehead atoms. The number of aldehydes is 1. The zero-order valence-electron chi connectivity index (χ0n) is 25.1. The van der Waals surface area contributed by atoms with Crippen molar-refractivity contribution >= 4 is 29.8 Å². The first kappa shape index (κ1) is 28.2. The van der Waals surface area contributed by atoms with Crippen molar-refractivity contribution in [1.82, 2.24) is 5.01 Å². The van der Waals surface area contributed by atoms with Gasteiger partial charge in [-0.05, 0) is 51.5 Å². The van der Waals surface area contributed by atoms with Gasteiger partial charge in [0.25, 0.3) is 5.91 Å². The van der Waals surface area contributed by atoms with Crippen molar-refractivity contribution in [3.8, 4) is 11.5 Å². The molecule has 0 fully saturated rings. The number of hydrogen-bond donors (Lipinski definition) is 0. The lowest BCUT2D eigenvalue weighted by Crippen LogP contribution is -2.44. The maximum absolute atomic E-state index is 14.3. The van der Waals surface area contributed by atoms with E-state index < -0.39 is 5.54 Å². The number of nitrogens with zero attached hydrogens (tertiary/aromatic N) is 4. The van der Waals surface area contributed by atoms with E-state index in [2.05, 4.69) is 73.9 Å². The van der Waals surface area contributed by atoms with Gasteiger partial charge in [-0.1, -0.05) is 54.6 Å². The first-order valence-electron chi connectivity index (χ1n) is 15.0. The number of ether oxygens (including phenoxy) is 1. The summed E-state index contributed by atoms with van der Waals surface area (Å²) < 4.78 is 6.73. The second kappa shape index (κ2) is 11.4. The van der Waals surface area contributed by atoms with E-state index in [0.717, 1.165) is 66.1 Å². The summed E-state index contributed by atoms with van der Waals surface area (Å²) in [4.78, 5) is 30.0. The highest BCUT2D eigenvalue weighted by Crippen LogP contribution is 2.58. The standard InChI is InChI=1S/C36H36N4O3/c1-5-38(6-2)27-17-19-31-33(21-27)43-34-22-28(39(7-3)8-4)18-20-32(34)36(31)30-12-10-9-11-29(30)35(42)40(36)37-23-25-13-15-26(24-41)16-14-25/h9-24H,5-8H2,1-4H3/b37-23+. The van der Waals surface area contributed by atoms with Crippen molar-refractivity contribution in [1.29, 1.82) is 0 Å². The highest BCUT2D eigenvalue weighted by atomic mass is 16.5. The zero-order valence-corrected chi connectivity index (χ0v) is 25.1. The Balaban J connectivity index is 1.62. The lowest BCUT2D eigenvalue weighted by molar-refractivity contribution is 0.0675. The van der Waals surface area contributed by atoms with Crippen molar-refractivity contribution in [2.45, 2.75) is 33.2 Å². The predicted molar refractivity (Wildman–Crippen MR) is 172 cm³/mol. The van der Waals surface area contributed by atoms with Crippen LogP contribution in [0.5, 0.6) is 11.5 Å². The molecule has 0 saturated heterocycles. The highest BCUT2D eigenvalue weighted by molar-refractivity contribution is 6.03. The minimum absolute atomic E-state index is 0.184. The van der Waals surface area contributed by atoms with Gasteiger partial charge in [0.2, 0.25) is 0 Å². The van der Waals surface area contributed by atoms with Crippen molar-refractivity contribution in [2.24, 2.45) is 5.10 Å². The number of benzene rings is 4. The number of carbonyl (C=O) groups is 2. The Morgan fingerprint density at radius 3 is 1.79 bits per heavy atom. The van der Waals surface area contributed by atoms with Crippen LogP contribution in [-0.4, -0.2) is 49.6 Å². The SMILES string of the molecule is CCN(CC)c1ccc2c(c1)Oc1cc(N(CC)CC)ccc1C21c2ccccc2C(=O)N1/N=C/c1ccc(C=O)cc1. The molecule has 0 saturated carbocycles. The van der Waals surface area contributed by atoms with Gasteiger partial charge in [0.05, 0.1) is 6.21 Å². The molecule has 0 radical (unpaired) electrons. The van der Waals surface area contributed by atoms with Crippen LogP contribution < -0.4 is 14.5 Å². The van der Waals surface area contributed by atoms with Crippen molar-refractivity contribution < 1.29 is 14.3 Å². The predicted octanol–water partition coefficient (Wildman–Crippen LogP) is 7.08. The fourth-order valence-electron chi connectivity index (χ4n) is 6.43. The van der Waals surface area contributed by atoms with E-state index in [1.807, 2.05) is 36.4 Å². The van der Waals surface area contributed by atoms with Gasteiger partial charge in [0, 0.05) is 77.5 Å². The van der Waals surface area contributed by atoms with Gasteiger partial charge in [-0.2, -0.15) is 5.10 Å². The Labute approximate surface area is 253 Å². The number of hydrogen-bond acceptors (Lipinski definition) is 6. The first-order valence-corrected chi connectivity index (χ1v) is 15.0. The molecule has 4 aromatic rings. The summed E-state index contributed by atoms with van der Waals surface area (Å²) in [6.45, 7) is 12.0. The Bertz CT molecular complexity index is 1640. The average Bonchev–Trinajstić information content (AvgIpc) is 3.29. The average molecular weight is 573 g/mol. The highest BCUT2D eigenvalue weighted by Gasteiger charge is 2.57.